The molecule has 10 nitrogen and oxygen atoms in total. The lowest BCUT2D eigenvalue weighted by Gasteiger charge is -2.40. The monoisotopic (exact) mass is 734 g/mol. The number of piperidine rings is 1. The van der Waals surface area contributed by atoms with Crippen molar-refractivity contribution in [1.82, 2.24) is 19.4 Å². The minimum Gasteiger partial charge on any atom is -0.392 e. The van der Waals surface area contributed by atoms with Gasteiger partial charge in [-0.1, -0.05) is 84.9 Å². The van der Waals surface area contributed by atoms with Crippen LogP contribution in [-0.2, 0) is 22.6 Å². The van der Waals surface area contributed by atoms with Gasteiger partial charge < -0.3 is 24.5 Å². The molecule has 9 rings (SSSR count). The minimum absolute atomic E-state index is 0.0208. The van der Waals surface area contributed by atoms with Gasteiger partial charge in [0.15, 0.2) is 6.29 Å². The third-order valence-electron chi connectivity index (χ3n) is 11.3. The lowest BCUT2D eigenvalue weighted by molar-refractivity contribution is -0.253. The Morgan fingerprint density at radius 1 is 0.691 bits per heavy atom. The summed E-state index contributed by atoms with van der Waals surface area (Å²) < 4.78 is 15.4. The van der Waals surface area contributed by atoms with Crippen molar-refractivity contribution in [2.45, 2.75) is 57.0 Å². The summed E-state index contributed by atoms with van der Waals surface area (Å²) in [6, 6.07) is 39.0. The van der Waals surface area contributed by atoms with E-state index in [4.69, 9.17) is 9.47 Å². The third-order valence-corrected chi connectivity index (χ3v) is 11.3. The number of ether oxygens (including phenoxy) is 2. The zero-order valence-electron chi connectivity index (χ0n) is 30.3. The van der Waals surface area contributed by atoms with Crippen LogP contribution in [0.5, 0.6) is 0 Å². The molecule has 55 heavy (non-hydrogen) atoms. The number of nitrogens with one attached hydrogen (secondary N) is 1. The van der Waals surface area contributed by atoms with Crippen LogP contribution in [0.15, 0.2) is 126 Å². The highest BCUT2D eigenvalue weighted by Crippen LogP contribution is 2.40. The fourth-order valence-electron chi connectivity index (χ4n) is 8.40. The van der Waals surface area contributed by atoms with Crippen LogP contribution in [0.4, 0.5) is 0 Å². The predicted octanol–water partition coefficient (Wildman–Crippen LogP) is 7.17. The number of para-hydroxylation sites is 2. The molecule has 2 fully saturated rings. The Kier molecular flexibility index (Phi) is 9.49. The molecular formula is C45H42N4O6. The molecule has 3 aliphatic heterocycles. The predicted molar refractivity (Wildman–Crippen MR) is 208 cm³/mol. The summed E-state index contributed by atoms with van der Waals surface area (Å²) in [6.45, 7) is 2.60. The van der Waals surface area contributed by atoms with E-state index in [-0.39, 0.29) is 48.9 Å². The van der Waals surface area contributed by atoms with Crippen LogP contribution in [0.1, 0.15) is 80.7 Å². The molecule has 2 saturated heterocycles. The van der Waals surface area contributed by atoms with E-state index < -0.39 is 6.29 Å². The Balaban J connectivity index is 0.927. The van der Waals surface area contributed by atoms with Gasteiger partial charge >= 0.3 is 5.69 Å². The summed E-state index contributed by atoms with van der Waals surface area (Å²) in [7, 11) is 0. The molecule has 5 aromatic carbocycles. The van der Waals surface area contributed by atoms with Gasteiger partial charge in [-0.05, 0) is 77.1 Å². The molecule has 2 N–H and O–H groups in total. The highest BCUT2D eigenvalue weighted by Gasteiger charge is 2.36. The molecule has 3 aliphatic rings. The highest BCUT2D eigenvalue weighted by molar-refractivity contribution is 6.21. The number of hydrogen-bond acceptors (Lipinski definition) is 7. The number of fused-ring (bicyclic) bond motifs is 2. The normalized spacial score (nSPS) is 20.7. The van der Waals surface area contributed by atoms with Crippen molar-refractivity contribution in [3.63, 3.8) is 0 Å². The number of aromatic amines is 1. The summed E-state index contributed by atoms with van der Waals surface area (Å²) in [6.07, 6.45) is 1.47. The molecule has 0 unspecified atom stereocenters. The molecule has 10 heteroatoms. The molecule has 0 spiro atoms. The zero-order valence-corrected chi connectivity index (χ0v) is 30.3. The number of rotatable bonds is 9. The standard InChI is InChI=1S/C45H42N4O6/c50-28-29-15-17-31(18-16-29)41-25-36(27-47-21-19-35(20-22-47)49-40-14-4-3-13-39(40)46-45(49)53)54-44(55-41)34-10-6-9-33(24-34)32-8-5-7-30(23-32)26-48-42(51)37-11-1-2-12-38(37)43(48)52/h1-18,23-24,35-36,41,44,50H,19-22,25-28H2,(H,46,53)/t36-,41+,44+/m0/s1. The van der Waals surface area contributed by atoms with Crippen LogP contribution >= 0.6 is 0 Å². The molecule has 6 aromatic rings. The van der Waals surface area contributed by atoms with Crippen molar-refractivity contribution >= 4 is 22.8 Å². The number of imide groups is 1. The smallest absolute Gasteiger partial charge is 0.326 e. The number of hydrogen-bond donors (Lipinski definition) is 2. The van der Waals surface area contributed by atoms with E-state index in [9.17, 15) is 19.5 Å². The van der Waals surface area contributed by atoms with E-state index in [1.54, 1.807) is 24.3 Å². The highest BCUT2D eigenvalue weighted by atomic mass is 16.7. The molecule has 0 saturated carbocycles. The third kappa shape index (κ3) is 6.94. The number of aliphatic hydroxyl groups is 1. The number of aliphatic hydroxyl groups excluding tert-OH is 1. The first-order valence-corrected chi connectivity index (χ1v) is 19.0. The molecule has 2 amide bonds. The lowest BCUT2D eigenvalue weighted by atomic mass is 9.97. The first-order valence-electron chi connectivity index (χ1n) is 19.0. The number of aromatic nitrogens is 2. The number of amides is 2. The van der Waals surface area contributed by atoms with Crippen LogP contribution in [-0.4, -0.2) is 62.0 Å². The van der Waals surface area contributed by atoms with E-state index in [0.29, 0.717) is 17.5 Å². The van der Waals surface area contributed by atoms with Gasteiger partial charge in [0.2, 0.25) is 0 Å². The van der Waals surface area contributed by atoms with Gasteiger partial charge in [-0.2, -0.15) is 0 Å². The first-order chi connectivity index (χ1) is 26.9. The molecule has 1 aromatic heterocycles. The average Bonchev–Trinajstić information content (AvgIpc) is 3.69. The fourth-order valence-corrected chi connectivity index (χ4v) is 8.40. The van der Waals surface area contributed by atoms with Gasteiger partial charge in [0.25, 0.3) is 11.8 Å². The van der Waals surface area contributed by atoms with Crippen LogP contribution in [0.3, 0.4) is 0 Å². The zero-order chi connectivity index (χ0) is 37.5. The van der Waals surface area contributed by atoms with Crippen molar-refractivity contribution < 1.29 is 24.2 Å². The van der Waals surface area contributed by atoms with Gasteiger partial charge in [0, 0.05) is 37.7 Å². The van der Waals surface area contributed by atoms with Crippen molar-refractivity contribution in [1.29, 1.82) is 0 Å². The summed E-state index contributed by atoms with van der Waals surface area (Å²) in [5.74, 6) is -0.548. The van der Waals surface area contributed by atoms with Crippen LogP contribution in [0.25, 0.3) is 22.2 Å². The van der Waals surface area contributed by atoms with E-state index >= 15 is 0 Å². The second-order valence-corrected chi connectivity index (χ2v) is 14.8. The number of imidazole rings is 1. The maximum Gasteiger partial charge on any atom is 0.326 e. The maximum atomic E-state index is 13.1. The maximum absolute atomic E-state index is 13.1. The lowest BCUT2D eigenvalue weighted by Crippen LogP contribution is -2.43. The van der Waals surface area contributed by atoms with Crippen LogP contribution < -0.4 is 5.69 Å². The first kappa shape index (κ1) is 35.1. The Hall–Kier alpha value is -5.65. The van der Waals surface area contributed by atoms with Crippen molar-refractivity contribution in [3.05, 3.63) is 165 Å². The van der Waals surface area contributed by atoms with Gasteiger partial charge in [-0.3, -0.25) is 19.1 Å². The van der Waals surface area contributed by atoms with E-state index in [0.717, 1.165) is 76.9 Å². The van der Waals surface area contributed by atoms with Gasteiger partial charge in [0.1, 0.15) is 0 Å². The SMILES string of the molecule is O=C1c2ccccc2C(=O)N1Cc1cccc(-c2cccc([C@@H]3O[C@H](CN4CCC(n5c(=O)[nH]c6ccccc65)CC4)C[C@H](c4ccc(CO)cc4)O3)c2)c1. The molecule has 278 valence electrons. The van der Waals surface area contributed by atoms with Gasteiger partial charge in [-0.15, -0.1) is 0 Å². The summed E-state index contributed by atoms with van der Waals surface area (Å²) in [5.41, 5.74) is 8.20. The van der Waals surface area contributed by atoms with Crippen molar-refractivity contribution in [2.75, 3.05) is 19.6 Å². The number of likely N-dealkylation sites (tertiary alicyclic amines) is 1. The van der Waals surface area contributed by atoms with Gasteiger partial charge in [-0.25, -0.2) is 4.79 Å². The minimum atomic E-state index is -0.620. The van der Waals surface area contributed by atoms with E-state index in [1.807, 2.05) is 95.6 Å². The topological polar surface area (TPSA) is 117 Å². The second kappa shape index (κ2) is 14.9. The molecule has 0 bridgehead atoms. The van der Waals surface area contributed by atoms with Crippen LogP contribution in [0, 0.1) is 0 Å². The van der Waals surface area contributed by atoms with E-state index in [1.165, 1.54) is 4.90 Å². The Morgan fingerprint density at radius 2 is 1.38 bits per heavy atom. The summed E-state index contributed by atoms with van der Waals surface area (Å²) in [5, 5.41) is 9.66. The molecular weight excluding hydrogens is 693 g/mol. The number of carbonyl (C=O) groups excluding carboxylic acids is 2. The van der Waals surface area contributed by atoms with Gasteiger partial charge in [0.05, 0.1) is 47.5 Å². The number of H-pyrrole nitrogens is 1. The average molecular weight is 735 g/mol. The molecule has 3 atom stereocenters. The molecule has 4 heterocycles. The van der Waals surface area contributed by atoms with Crippen molar-refractivity contribution in [2.24, 2.45) is 0 Å². The summed E-state index contributed by atoms with van der Waals surface area (Å²) >= 11 is 0. The second-order valence-electron chi connectivity index (χ2n) is 14.8. The fraction of sp³-hybridized carbons (Fsp3) is 0.267. The molecule has 0 radical (unpaired) electrons. The quantitative estimate of drug-likeness (QED) is 0.151. The number of benzene rings is 5. The number of carbonyl (C=O) groups is 2. The molecule has 0 aliphatic carbocycles. The Morgan fingerprint density at radius 3 is 2.13 bits per heavy atom. The Labute approximate surface area is 318 Å². The van der Waals surface area contributed by atoms with Crippen molar-refractivity contribution in [3.8, 4) is 11.1 Å². The number of nitrogens with zero attached hydrogens (tertiary/aromatic N) is 3. The largest absolute Gasteiger partial charge is 0.392 e. The Bertz CT molecular complexity index is 2390. The summed E-state index contributed by atoms with van der Waals surface area (Å²) in [4.78, 5) is 45.8. The van der Waals surface area contributed by atoms with E-state index in [2.05, 4.69) is 16.0 Å². The van der Waals surface area contributed by atoms with Crippen LogP contribution in [0.2, 0.25) is 0 Å².